The van der Waals surface area contributed by atoms with Crippen molar-refractivity contribution in [3.63, 3.8) is 0 Å². The van der Waals surface area contributed by atoms with Gasteiger partial charge >= 0.3 is 0 Å². The molecular weight excluding hydrogens is 382 g/mol. The SMILES string of the molecule is N#Cc1c(C2N=CC=CN2C(CF)CF)n(C2CCCC2)c2cc(C3CC3)ccc12. The third kappa shape index (κ3) is 3.12. The van der Waals surface area contributed by atoms with Crippen molar-refractivity contribution in [1.29, 1.82) is 5.26 Å². The van der Waals surface area contributed by atoms with Gasteiger partial charge in [-0.2, -0.15) is 5.26 Å². The van der Waals surface area contributed by atoms with E-state index in [0.717, 1.165) is 42.3 Å². The summed E-state index contributed by atoms with van der Waals surface area (Å²) >= 11 is 0. The Morgan fingerprint density at radius 1 is 1.13 bits per heavy atom. The number of hydrogen-bond acceptors (Lipinski definition) is 3. The fourth-order valence-electron chi connectivity index (χ4n) is 5.11. The Kier molecular flexibility index (Phi) is 5.06. The van der Waals surface area contributed by atoms with Gasteiger partial charge in [0.1, 0.15) is 19.4 Å². The fraction of sp³-hybridized carbons (Fsp3) is 0.500. The molecule has 2 saturated carbocycles. The molecule has 0 saturated heterocycles. The molecule has 5 rings (SSSR count). The van der Waals surface area contributed by atoms with E-state index in [1.165, 1.54) is 18.4 Å². The first-order valence-electron chi connectivity index (χ1n) is 10.9. The molecule has 4 nitrogen and oxygen atoms in total. The Bertz CT molecular complexity index is 1030. The molecule has 2 fully saturated rings. The minimum atomic E-state index is -0.910. The summed E-state index contributed by atoms with van der Waals surface area (Å²) in [5.41, 5.74) is 3.75. The molecule has 1 aliphatic heterocycles. The van der Waals surface area contributed by atoms with E-state index in [9.17, 15) is 14.0 Å². The average Bonchev–Trinajstić information content (AvgIpc) is 3.39. The van der Waals surface area contributed by atoms with Crippen LogP contribution in [-0.2, 0) is 0 Å². The lowest BCUT2D eigenvalue weighted by Gasteiger charge is -2.35. The lowest BCUT2D eigenvalue weighted by molar-refractivity contribution is 0.142. The molecule has 0 bridgehead atoms. The van der Waals surface area contributed by atoms with Crippen molar-refractivity contribution in [2.45, 2.75) is 62.7 Å². The number of rotatable bonds is 6. The zero-order chi connectivity index (χ0) is 20.7. The van der Waals surface area contributed by atoms with Crippen LogP contribution in [0.15, 0.2) is 35.5 Å². The standard InChI is InChI=1S/C24H26F2N4/c25-13-19(14-26)29-11-3-10-28-24(29)23-21(15-27)20-9-8-17(16-6-7-16)12-22(20)30(23)18-4-1-2-5-18/h3,8-12,16,18-19,24H,1-2,4-7,13-14H2. The van der Waals surface area contributed by atoms with Crippen LogP contribution >= 0.6 is 0 Å². The molecule has 2 aromatic rings. The Morgan fingerprint density at radius 3 is 2.57 bits per heavy atom. The Labute approximate surface area is 175 Å². The van der Waals surface area contributed by atoms with Gasteiger partial charge in [-0.05, 0) is 49.3 Å². The van der Waals surface area contributed by atoms with Gasteiger partial charge in [-0.15, -0.1) is 0 Å². The van der Waals surface area contributed by atoms with Gasteiger partial charge in [-0.3, -0.25) is 4.99 Å². The normalized spacial score (nSPS) is 21.8. The van der Waals surface area contributed by atoms with E-state index >= 15 is 0 Å². The van der Waals surface area contributed by atoms with Crippen molar-refractivity contribution < 1.29 is 8.78 Å². The molecule has 6 heteroatoms. The monoisotopic (exact) mass is 408 g/mol. The molecule has 1 unspecified atom stereocenters. The summed E-state index contributed by atoms with van der Waals surface area (Å²) in [6.07, 6.45) is 11.3. The van der Waals surface area contributed by atoms with Crippen LogP contribution in [0.4, 0.5) is 8.78 Å². The predicted molar refractivity (Wildman–Crippen MR) is 114 cm³/mol. The summed E-state index contributed by atoms with van der Waals surface area (Å²) in [7, 11) is 0. The van der Waals surface area contributed by atoms with E-state index in [1.807, 2.05) is 0 Å². The summed E-state index contributed by atoms with van der Waals surface area (Å²) < 4.78 is 29.5. The van der Waals surface area contributed by atoms with Crippen LogP contribution in [-0.4, -0.2) is 35.1 Å². The maximum atomic E-state index is 13.6. The van der Waals surface area contributed by atoms with Gasteiger partial charge in [-0.1, -0.05) is 25.0 Å². The summed E-state index contributed by atoms with van der Waals surface area (Å²) in [4.78, 5) is 6.25. The largest absolute Gasteiger partial charge is 0.343 e. The molecule has 0 radical (unpaired) electrons. The van der Waals surface area contributed by atoms with Crippen LogP contribution in [0, 0.1) is 11.3 Å². The maximum absolute atomic E-state index is 13.6. The first kappa shape index (κ1) is 19.3. The van der Waals surface area contributed by atoms with Gasteiger partial charge in [0.15, 0.2) is 6.17 Å². The summed E-state index contributed by atoms with van der Waals surface area (Å²) in [5.74, 6) is 0.616. The highest BCUT2D eigenvalue weighted by molar-refractivity contribution is 5.89. The molecule has 0 N–H and O–H groups in total. The minimum absolute atomic E-state index is 0.288. The molecule has 1 atom stereocenters. The number of hydrogen-bond donors (Lipinski definition) is 0. The van der Waals surface area contributed by atoms with Crippen molar-refractivity contribution in [3.05, 3.63) is 47.3 Å². The second-order valence-electron chi connectivity index (χ2n) is 8.65. The maximum Gasteiger partial charge on any atom is 0.163 e. The van der Waals surface area contributed by atoms with Crippen LogP contribution < -0.4 is 0 Å². The van der Waals surface area contributed by atoms with Crippen LogP contribution in [0.5, 0.6) is 0 Å². The number of nitriles is 1. The Hall–Kier alpha value is -2.68. The molecule has 1 aromatic heterocycles. The smallest absolute Gasteiger partial charge is 0.163 e. The van der Waals surface area contributed by atoms with Crippen LogP contribution in [0.2, 0.25) is 0 Å². The third-order valence-electron chi connectivity index (χ3n) is 6.79. The number of aromatic nitrogens is 1. The lowest BCUT2D eigenvalue weighted by atomic mass is 10.1. The predicted octanol–water partition coefficient (Wildman–Crippen LogP) is 5.71. The van der Waals surface area contributed by atoms with Gasteiger partial charge in [-0.25, -0.2) is 8.78 Å². The van der Waals surface area contributed by atoms with Crippen molar-refractivity contribution in [2.75, 3.05) is 13.3 Å². The molecule has 0 spiro atoms. The highest BCUT2D eigenvalue weighted by Crippen LogP contribution is 2.45. The van der Waals surface area contributed by atoms with E-state index in [2.05, 4.69) is 33.8 Å². The van der Waals surface area contributed by atoms with Crippen LogP contribution in [0.1, 0.15) is 73.5 Å². The van der Waals surface area contributed by atoms with Gasteiger partial charge in [0, 0.05) is 23.8 Å². The Morgan fingerprint density at radius 2 is 1.90 bits per heavy atom. The second kappa shape index (κ2) is 7.86. The topological polar surface area (TPSA) is 44.3 Å². The van der Waals surface area contributed by atoms with E-state index in [0.29, 0.717) is 11.5 Å². The van der Waals surface area contributed by atoms with Crippen molar-refractivity contribution in [3.8, 4) is 6.07 Å². The molecule has 1 aromatic carbocycles. The van der Waals surface area contributed by atoms with Crippen molar-refractivity contribution >= 4 is 17.1 Å². The van der Waals surface area contributed by atoms with Crippen molar-refractivity contribution in [1.82, 2.24) is 9.47 Å². The number of aliphatic imine (C=N–C) groups is 1. The molecule has 2 aliphatic carbocycles. The van der Waals surface area contributed by atoms with E-state index in [1.54, 1.807) is 23.4 Å². The van der Waals surface area contributed by atoms with Gasteiger partial charge in [0.2, 0.25) is 0 Å². The van der Waals surface area contributed by atoms with E-state index < -0.39 is 25.6 Å². The van der Waals surface area contributed by atoms with E-state index in [-0.39, 0.29) is 6.04 Å². The number of allylic oxidation sites excluding steroid dienone is 1. The van der Waals surface area contributed by atoms with Crippen LogP contribution in [0.3, 0.4) is 0 Å². The summed E-state index contributed by atoms with van der Waals surface area (Å²) in [6, 6.07) is 8.22. The number of alkyl halides is 2. The van der Waals surface area contributed by atoms with Crippen molar-refractivity contribution in [2.24, 2.45) is 4.99 Å². The number of fused-ring (bicyclic) bond motifs is 1. The number of nitrogens with zero attached hydrogens (tertiary/aromatic N) is 4. The highest BCUT2D eigenvalue weighted by atomic mass is 19.1. The van der Waals surface area contributed by atoms with Gasteiger partial charge < -0.3 is 9.47 Å². The second-order valence-corrected chi connectivity index (χ2v) is 8.65. The molecule has 2 heterocycles. The van der Waals surface area contributed by atoms with Gasteiger partial charge in [0.25, 0.3) is 0 Å². The quantitative estimate of drug-likeness (QED) is 0.614. The van der Waals surface area contributed by atoms with Gasteiger partial charge in [0.05, 0.1) is 22.8 Å². The molecule has 3 aliphatic rings. The molecule has 30 heavy (non-hydrogen) atoms. The molecule has 0 amide bonds. The zero-order valence-electron chi connectivity index (χ0n) is 17.0. The summed E-state index contributed by atoms with van der Waals surface area (Å²) in [5, 5.41) is 11.1. The van der Waals surface area contributed by atoms with E-state index in [4.69, 9.17) is 0 Å². The fourth-order valence-corrected chi connectivity index (χ4v) is 5.11. The average molecular weight is 408 g/mol. The number of halogens is 2. The zero-order valence-corrected chi connectivity index (χ0v) is 17.0. The summed E-state index contributed by atoms with van der Waals surface area (Å²) in [6.45, 7) is -1.60. The minimum Gasteiger partial charge on any atom is -0.343 e. The number of benzene rings is 1. The molecular formula is C24H26F2N4. The third-order valence-corrected chi connectivity index (χ3v) is 6.79. The van der Waals surface area contributed by atoms with Crippen LogP contribution in [0.25, 0.3) is 10.9 Å². The first-order valence-corrected chi connectivity index (χ1v) is 10.9. The first-order chi connectivity index (χ1) is 14.8. The molecule has 156 valence electrons. The Balaban J connectivity index is 1.73. The highest BCUT2D eigenvalue weighted by Gasteiger charge is 2.35. The lowest BCUT2D eigenvalue weighted by Crippen LogP contribution is -2.39.